The van der Waals surface area contributed by atoms with Crippen molar-refractivity contribution in [2.24, 2.45) is 0 Å². The molecule has 7 nitrogen and oxygen atoms in total. The minimum absolute atomic E-state index is 0.00867. The fourth-order valence-corrected chi connectivity index (χ4v) is 5.01. The lowest BCUT2D eigenvalue weighted by Crippen LogP contribution is -2.46. The van der Waals surface area contributed by atoms with Crippen LogP contribution in [0.3, 0.4) is 0 Å². The summed E-state index contributed by atoms with van der Waals surface area (Å²) in [5.41, 5.74) is 1.95. The van der Waals surface area contributed by atoms with Crippen molar-refractivity contribution in [2.75, 3.05) is 13.1 Å². The molecule has 1 aromatic carbocycles. The highest BCUT2D eigenvalue weighted by atomic mass is 35.5. The van der Waals surface area contributed by atoms with Crippen molar-refractivity contribution < 1.29 is 18.3 Å². The van der Waals surface area contributed by atoms with Crippen molar-refractivity contribution in [3.8, 4) is 11.3 Å². The second-order valence-electron chi connectivity index (χ2n) is 6.45. The predicted molar refractivity (Wildman–Crippen MR) is 102 cm³/mol. The second-order valence-corrected chi connectivity index (χ2v) is 8.51. The Morgan fingerprint density at radius 3 is 2.52 bits per heavy atom. The molecular weight excluding hydrogens is 390 g/mol. The highest BCUT2D eigenvalue weighted by Crippen LogP contribution is 2.32. The Kier molecular flexibility index (Phi) is 5.69. The third kappa shape index (κ3) is 4.40. The Hall–Kier alpha value is -2.16. The fraction of sp³-hybridized carbons (Fsp3) is 0.333. The molecule has 0 radical (unpaired) electrons. The van der Waals surface area contributed by atoms with Crippen LogP contribution in [0.25, 0.3) is 11.3 Å². The van der Waals surface area contributed by atoms with Gasteiger partial charge in [0.15, 0.2) is 0 Å². The van der Waals surface area contributed by atoms with E-state index in [0.29, 0.717) is 37.2 Å². The summed E-state index contributed by atoms with van der Waals surface area (Å²) in [5.74, 6) is 0. The number of halogens is 1. The SMILES string of the molecule is Cc1cccc(-c2cccc(S(=O)(=O)NC3CCN(C(=O)O)CC3)c2Cl)n1. The van der Waals surface area contributed by atoms with Gasteiger partial charge in [-0.3, -0.25) is 4.98 Å². The quantitative estimate of drug-likeness (QED) is 0.808. The minimum atomic E-state index is -3.84. The lowest BCUT2D eigenvalue weighted by molar-refractivity contribution is 0.131. The molecule has 0 saturated carbocycles. The first-order valence-electron chi connectivity index (χ1n) is 8.50. The minimum Gasteiger partial charge on any atom is -0.465 e. The van der Waals surface area contributed by atoms with E-state index in [2.05, 4.69) is 9.71 Å². The largest absolute Gasteiger partial charge is 0.465 e. The Morgan fingerprint density at radius 1 is 1.22 bits per heavy atom. The number of pyridine rings is 1. The summed E-state index contributed by atoms with van der Waals surface area (Å²) in [5, 5.41) is 9.11. The van der Waals surface area contributed by atoms with Crippen LogP contribution in [0.5, 0.6) is 0 Å². The molecule has 9 heteroatoms. The van der Waals surface area contributed by atoms with Gasteiger partial charge < -0.3 is 10.0 Å². The topological polar surface area (TPSA) is 99.6 Å². The van der Waals surface area contributed by atoms with Crippen molar-refractivity contribution in [2.45, 2.75) is 30.7 Å². The van der Waals surface area contributed by atoms with E-state index in [9.17, 15) is 13.2 Å². The number of carbonyl (C=O) groups is 1. The van der Waals surface area contributed by atoms with Crippen LogP contribution in [0.2, 0.25) is 5.02 Å². The first-order chi connectivity index (χ1) is 12.8. The highest BCUT2D eigenvalue weighted by Gasteiger charge is 2.28. The van der Waals surface area contributed by atoms with E-state index in [1.54, 1.807) is 18.2 Å². The van der Waals surface area contributed by atoms with E-state index in [1.807, 2.05) is 19.1 Å². The molecule has 1 aromatic heterocycles. The van der Waals surface area contributed by atoms with Gasteiger partial charge in [0.2, 0.25) is 10.0 Å². The molecule has 2 aromatic rings. The zero-order valence-corrected chi connectivity index (χ0v) is 16.3. The Labute approximate surface area is 163 Å². The Morgan fingerprint density at radius 2 is 1.89 bits per heavy atom. The molecule has 27 heavy (non-hydrogen) atoms. The van der Waals surface area contributed by atoms with E-state index in [4.69, 9.17) is 16.7 Å². The normalized spacial score (nSPS) is 15.7. The fourth-order valence-electron chi connectivity index (χ4n) is 3.08. The molecule has 3 rings (SSSR count). The Bertz CT molecular complexity index is 957. The second kappa shape index (κ2) is 7.84. The molecule has 1 aliphatic heterocycles. The van der Waals surface area contributed by atoms with Gasteiger partial charge in [0.05, 0.1) is 10.7 Å². The van der Waals surface area contributed by atoms with Gasteiger partial charge in [0.1, 0.15) is 4.90 Å². The van der Waals surface area contributed by atoms with Crippen molar-refractivity contribution in [3.05, 3.63) is 47.1 Å². The summed E-state index contributed by atoms with van der Waals surface area (Å²) in [4.78, 5) is 16.7. The van der Waals surface area contributed by atoms with Crippen molar-refractivity contribution in [3.63, 3.8) is 0 Å². The molecule has 0 atom stereocenters. The van der Waals surface area contributed by atoms with Gasteiger partial charge in [0.25, 0.3) is 0 Å². The van der Waals surface area contributed by atoms with Gasteiger partial charge in [-0.25, -0.2) is 17.9 Å². The van der Waals surface area contributed by atoms with Crippen LogP contribution in [0, 0.1) is 6.92 Å². The van der Waals surface area contributed by atoms with E-state index in [1.165, 1.54) is 11.0 Å². The molecule has 0 spiro atoms. The number of rotatable bonds is 4. The van der Waals surface area contributed by atoms with Gasteiger partial charge in [-0.2, -0.15) is 0 Å². The molecule has 2 heterocycles. The predicted octanol–water partition coefficient (Wildman–Crippen LogP) is 3.13. The molecule has 0 aliphatic carbocycles. The summed E-state index contributed by atoms with van der Waals surface area (Å²) in [6, 6.07) is 9.95. The number of aromatic nitrogens is 1. The van der Waals surface area contributed by atoms with Gasteiger partial charge in [0, 0.05) is 30.4 Å². The number of nitrogens with one attached hydrogen (secondary N) is 1. The molecular formula is C18H20ClN3O4S. The number of nitrogens with zero attached hydrogens (tertiary/aromatic N) is 2. The number of aryl methyl sites for hydroxylation is 1. The van der Waals surface area contributed by atoms with Gasteiger partial charge in [-0.1, -0.05) is 29.8 Å². The smallest absolute Gasteiger partial charge is 0.407 e. The lowest BCUT2D eigenvalue weighted by Gasteiger charge is -2.30. The first-order valence-corrected chi connectivity index (χ1v) is 10.4. The first kappa shape index (κ1) is 19.6. The van der Waals surface area contributed by atoms with Gasteiger partial charge in [-0.05, 0) is 38.0 Å². The number of likely N-dealkylation sites (tertiary alicyclic amines) is 1. The average molecular weight is 410 g/mol. The number of carboxylic acid groups (broad SMARTS) is 1. The number of hydrogen-bond donors (Lipinski definition) is 2. The van der Waals surface area contributed by atoms with Gasteiger partial charge >= 0.3 is 6.09 Å². The van der Waals surface area contributed by atoms with Crippen LogP contribution >= 0.6 is 11.6 Å². The molecule has 1 fully saturated rings. The van der Waals surface area contributed by atoms with Crippen LogP contribution in [-0.4, -0.2) is 48.6 Å². The average Bonchev–Trinajstić information content (AvgIpc) is 2.62. The highest BCUT2D eigenvalue weighted by molar-refractivity contribution is 7.89. The lowest BCUT2D eigenvalue weighted by atomic mass is 10.1. The van der Waals surface area contributed by atoms with Crippen LogP contribution in [0.4, 0.5) is 4.79 Å². The molecule has 1 saturated heterocycles. The van der Waals surface area contributed by atoms with Crippen LogP contribution in [0.15, 0.2) is 41.3 Å². The molecule has 2 N–H and O–H groups in total. The van der Waals surface area contributed by atoms with Crippen LogP contribution in [0.1, 0.15) is 18.5 Å². The number of piperidine rings is 1. The summed E-state index contributed by atoms with van der Waals surface area (Å²) in [7, 11) is -3.84. The molecule has 1 amide bonds. The van der Waals surface area contributed by atoms with Gasteiger partial charge in [-0.15, -0.1) is 0 Å². The molecule has 0 bridgehead atoms. The zero-order chi connectivity index (χ0) is 19.6. The van der Waals surface area contributed by atoms with Crippen molar-refractivity contribution in [1.82, 2.24) is 14.6 Å². The maximum atomic E-state index is 12.8. The summed E-state index contributed by atoms with van der Waals surface area (Å²) in [6.45, 7) is 2.44. The number of sulfonamides is 1. The number of hydrogen-bond acceptors (Lipinski definition) is 4. The summed E-state index contributed by atoms with van der Waals surface area (Å²) < 4.78 is 28.3. The molecule has 1 aliphatic rings. The van der Waals surface area contributed by atoms with E-state index in [-0.39, 0.29) is 16.0 Å². The maximum Gasteiger partial charge on any atom is 0.407 e. The third-order valence-electron chi connectivity index (χ3n) is 4.50. The summed E-state index contributed by atoms with van der Waals surface area (Å²) >= 11 is 6.42. The third-order valence-corrected chi connectivity index (χ3v) is 6.59. The summed E-state index contributed by atoms with van der Waals surface area (Å²) in [6.07, 6.45) is -0.150. The van der Waals surface area contributed by atoms with E-state index in [0.717, 1.165) is 5.69 Å². The molecule has 0 unspecified atom stereocenters. The Balaban J connectivity index is 1.83. The number of amides is 1. The zero-order valence-electron chi connectivity index (χ0n) is 14.7. The van der Waals surface area contributed by atoms with E-state index >= 15 is 0 Å². The standard InChI is InChI=1S/C18H20ClN3O4S/c1-12-4-2-6-15(20-12)14-5-3-7-16(17(14)19)27(25,26)21-13-8-10-22(11-9-13)18(23)24/h2-7,13,21H,8-11H2,1H3,(H,23,24). The van der Waals surface area contributed by atoms with Crippen LogP contribution < -0.4 is 4.72 Å². The number of benzene rings is 1. The van der Waals surface area contributed by atoms with Crippen molar-refractivity contribution in [1.29, 1.82) is 0 Å². The van der Waals surface area contributed by atoms with Crippen molar-refractivity contribution >= 4 is 27.7 Å². The van der Waals surface area contributed by atoms with E-state index < -0.39 is 16.1 Å². The molecule has 144 valence electrons. The monoisotopic (exact) mass is 409 g/mol. The maximum absolute atomic E-state index is 12.8. The van der Waals surface area contributed by atoms with Crippen LogP contribution in [-0.2, 0) is 10.0 Å².